The maximum absolute atomic E-state index is 12.9. The number of anilines is 5. The summed E-state index contributed by atoms with van der Waals surface area (Å²) in [6.45, 7) is -0.00802. The van der Waals surface area contributed by atoms with Crippen molar-refractivity contribution < 1.29 is 9.53 Å². The normalized spacial score (nSPS) is 19.6. The molecule has 0 aromatic heterocycles. The fourth-order valence-corrected chi connectivity index (χ4v) is 2.81. The molecule has 1 atom stereocenters. The van der Waals surface area contributed by atoms with Gasteiger partial charge in [0.1, 0.15) is 17.9 Å². The summed E-state index contributed by atoms with van der Waals surface area (Å²) in [5.74, 6) is -0.0505. The van der Waals surface area contributed by atoms with Gasteiger partial charge >= 0.3 is 0 Å². The van der Waals surface area contributed by atoms with Gasteiger partial charge in [-0.15, -0.1) is 0 Å². The Morgan fingerprint density at radius 1 is 0.958 bits per heavy atom. The Kier molecular flexibility index (Phi) is 3.42. The molecule has 1 heterocycles. The summed E-state index contributed by atoms with van der Waals surface area (Å²) in [7, 11) is 0. The molecule has 1 aliphatic heterocycles. The molecule has 8 nitrogen and oxygen atoms in total. The van der Waals surface area contributed by atoms with E-state index in [1.807, 2.05) is 0 Å². The second kappa shape index (κ2) is 5.20. The van der Waals surface area contributed by atoms with Crippen LogP contribution in [0.15, 0.2) is 24.3 Å². The molecule has 8 heteroatoms. The summed E-state index contributed by atoms with van der Waals surface area (Å²) >= 11 is 0. The highest BCUT2D eigenvalue weighted by molar-refractivity contribution is 6.13. The van der Waals surface area contributed by atoms with Crippen molar-refractivity contribution in [2.45, 2.75) is 12.0 Å². The first-order chi connectivity index (χ1) is 11.2. The van der Waals surface area contributed by atoms with Crippen LogP contribution in [0.2, 0.25) is 0 Å². The van der Waals surface area contributed by atoms with Crippen molar-refractivity contribution in [2.24, 2.45) is 5.73 Å². The Labute approximate surface area is 138 Å². The van der Waals surface area contributed by atoms with Crippen molar-refractivity contribution in [1.82, 2.24) is 0 Å². The number of ketones is 1. The Morgan fingerprint density at radius 2 is 1.67 bits per heavy atom. The Hall–Kier alpha value is -3.13. The minimum atomic E-state index is -1.29. The number of nitrogen functional groups attached to an aromatic ring is 5. The highest BCUT2D eigenvalue weighted by Gasteiger charge is 2.42. The second-order valence-corrected chi connectivity index (χ2v) is 6.08. The summed E-state index contributed by atoms with van der Waals surface area (Å²) in [4.78, 5) is 12.9. The predicted molar refractivity (Wildman–Crippen MR) is 95.4 cm³/mol. The average Bonchev–Trinajstić information content (AvgIpc) is 2.53. The third kappa shape index (κ3) is 2.33. The van der Waals surface area contributed by atoms with Gasteiger partial charge in [0, 0.05) is 12.5 Å². The number of fused-ring (bicyclic) bond motifs is 1. The molecular weight excluding hydrogens is 308 g/mol. The summed E-state index contributed by atoms with van der Waals surface area (Å²) in [6, 6.07) is 6.61. The lowest BCUT2D eigenvalue weighted by Crippen LogP contribution is -2.57. The van der Waals surface area contributed by atoms with E-state index in [4.69, 9.17) is 39.1 Å². The Balaban J connectivity index is 2.00. The van der Waals surface area contributed by atoms with Crippen LogP contribution in [-0.2, 0) is 6.42 Å². The van der Waals surface area contributed by atoms with Gasteiger partial charge in [-0.1, -0.05) is 6.07 Å². The number of benzene rings is 2. The SMILES string of the molecule is Nc1ccc(CC2(N)COc3cc(N)c(N)c(N)c3C2=O)cc1N. The molecule has 0 radical (unpaired) electrons. The van der Waals surface area contributed by atoms with Crippen molar-refractivity contribution in [3.05, 3.63) is 35.4 Å². The van der Waals surface area contributed by atoms with Crippen LogP contribution >= 0.6 is 0 Å². The number of rotatable bonds is 2. The van der Waals surface area contributed by atoms with E-state index in [1.165, 1.54) is 6.07 Å². The third-order valence-electron chi connectivity index (χ3n) is 4.24. The van der Waals surface area contributed by atoms with Crippen LogP contribution in [0.4, 0.5) is 28.4 Å². The van der Waals surface area contributed by atoms with Gasteiger partial charge < -0.3 is 39.1 Å². The zero-order valence-corrected chi connectivity index (χ0v) is 13.0. The molecule has 12 N–H and O–H groups in total. The van der Waals surface area contributed by atoms with Crippen LogP contribution in [0.3, 0.4) is 0 Å². The van der Waals surface area contributed by atoms with Crippen LogP contribution in [0.1, 0.15) is 15.9 Å². The number of Topliss-reactive ketones (excluding diaryl/α,β-unsaturated/α-hetero) is 1. The molecule has 0 bridgehead atoms. The summed E-state index contributed by atoms with van der Waals surface area (Å²) < 4.78 is 5.64. The lowest BCUT2D eigenvalue weighted by Gasteiger charge is -2.34. The molecule has 0 fully saturated rings. The van der Waals surface area contributed by atoms with Crippen molar-refractivity contribution in [2.75, 3.05) is 35.3 Å². The van der Waals surface area contributed by atoms with E-state index in [0.29, 0.717) is 17.1 Å². The van der Waals surface area contributed by atoms with Crippen LogP contribution in [0.5, 0.6) is 5.75 Å². The van der Waals surface area contributed by atoms with Crippen LogP contribution in [0, 0.1) is 0 Å². The van der Waals surface area contributed by atoms with Gasteiger partial charge in [-0.3, -0.25) is 4.79 Å². The zero-order valence-electron chi connectivity index (χ0n) is 13.0. The maximum Gasteiger partial charge on any atom is 0.192 e. The maximum atomic E-state index is 12.9. The lowest BCUT2D eigenvalue weighted by molar-refractivity contribution is 0.0779. The van der Waals surface area contributed by atoms with Gasteiger partial charge in [0.05, 0.1) is 34.0 Å². The van der Waals surface area contributed by atoms with Crippen molar-refractivity contribution >= 4 is 34.2 Å². The molecule has 0 saturated carbocycles. The molecule has 3 rings (SSSR count). The molecule has 0 spiro atoms. The molecule has 0 saturated heterocycles. The minimum absolute atomic E-state index is 0.00802. The minimum Gasteiger partial charge on any atom is -0.490 e. The fourth-order valence-electron chi connectivity index (χ4n) is 2.81. The highest BCUT2D eigenvalue weighted by atomic mass is 16.5. The third-order valence-corrected chi connectivity index (χ3v) is 4.24. The van der Waals surface area contributed by atoms with E-state index in [1.54, 1.807) is 18.2 Å². The smallest absolute Gasteiger partial charge is 0.192 e. The van der Waals surface area contributed by atoms with Gasteiger partial charge in [-0.2, -0.15) is 0 Å². The summed E-state index contributed by atoms with van der Waals surface area (Å²) in [5, 5.41) is 0. The van der Waals surface area contributed by atoms with Crippen molar-refractivity contribution in [3.8, 4) is 5.75 Å². The number of carbonyl (C=O) groups excluding carboxylic acids is 1. The molecule has 126 valence electrons. The predicted octanol–water partition coefficient (Wildman–Crippen LogP) is 0.113. The van der Waals surface area contributed by atoms with Gasteiger partial charge in [-0.05, 0) is 17.7 Å². The molecule has 0 aliphatic carbocycles. The molecule has 2 aromatic carbocycles. The van der Waals surface area contributed by atoms with Crippen LogP contribution in [0.25, 0.3) is 0 Å². The monoisotopic (exact) mass is 328 g/mol. The van der Waals surface area contributed by atoms with E-state index in [9.17, 15) is 4.79 Å². The van der Waals surface area contributed by atoms with E-state index < -0.39 is 5.54 Å². The van der Waals surface area contributed by atoms with E-state index in [0.717, 1.165) is 5.56 Å². The second-order valence-electron chi connectivity index (χ2n) is 6.08. The summed E-state index contributed by atoms with van der Waals surface area (Å²) in [5.41, 5.74) is 36.4. The number of ether oxygens (including phenoxy) is 1. The number of hydrogen-bond donors (Lipinski definition) is 6. The molecular formula is C16H20N6O2. The van der Waals surface area contributed by atoms with Crippen LogP contribution in [-0.4, -0.2) is 17.9 Å². The van der Waals surface area contributed by atoms with E-state index in [-0.39, 0.29) is 41.4 Å². The van der Waals surface area contributed by atoms with Gasteiger partial charge in [0.2, 0.25) is 0 Å². The standard InChI is InChI=1S/C16H20N6O2/c17-8-2-1-7(3-9(8)18)5-16(22)6-24-11-4-10(19)13(20)14(21)12(11)15(16)23/h1-4H,5-6,17-22H2. The quantitative estimate of drug-likeness (QED) is 0.420. The first-order valence-corrected chi connectivity index (χ1v) is 7.31. The number of nitrogens with two attached hydrogens (primary N) is 6. The molecule has 2 aromatic rings. The first kappa shape index (κ1) is 15.8. The largest absolute Gasteiger partial charge is 0.490 e. The Morgan fingerprint density at radius 3 is 2.33 bits per heavy atom. The molecule has 1 unspecified atom stereocenters. The van der Waals surface area contributed by atoms with Gasteiger partial charge in [0.15, 0.2) is 5.78 Å². The van der Waals surface area contributed by atoms with Gasteiger partial charge in [-0.25, -0.2) is 0 Å². The fraction of sp³-hybridized carbons (Fsp3) is 0.188. The summed E-state index contributed by atoms with van der Waals surface area (Å²) in [6.07, 6.45) is 0.222. The lowest BCUT2D eigenvalue weighted by atomic mass is 9.82. The molecule has 24 heavy (non-hydrogen) atoms. The first-order valence-electron chi connectivity index (χ1n) is 7.31. The van der Waals surface area contributed by atoms with E-state index >= 15 is 0 Å². The van der Waals surface area contributed by atoms with E-state index in [2.05, 4.69) is 0 Å². The Bertz CT molecular complexity index is 851. The molecule has 0 amide bonds. The number of hydrogen-bond acceptors (Lipinski definition) is 8. The van der Waals surface area contributed by atoms with Crippen molar-refractivity contribution in [1.29, 1.82) is 0 Å². The van der Waals surface area contributed by atoms with Gasteiger partial charge in [0.25, 0.3) is 0 Å². The zero-order chi connectivity index (χ0) is 17.6. The highest BCUT2D eigenvalue weighted by Crippen LogP contribution is 2.40. The topological polar surface area (TPSA) is 182 Å². The number of carbonyl (C=O) groups is 1. The van der Waals surface area contributed by atoms with Crippen LogP contribution < -0.4 is 39.1 Å². The average molecular weight is 328 g/mol. The van der Waals surface area contributed by atoms with Crippen molar-refractivity contribution in [3.63, 3.8) is 0 Å². The molecule has 1 aliphatic rings.